The summed E-state index contributed by atoms with van der Waals surface area (Å²) in [6.07, 6.45) is 0.597. The number of hydrogen-bond donors (Lipinski definition) is 1. The highest BCUT2D eigenvalue weighted by atomic mass is 16.5. The summed E-state index contributed by atoms with van der Waals surface area (Å²) in [6.45, 7) is 4.74. The van der Waals surface area contributed by atoms with Gasteiger partial charge in [0.25, 0.3) is 0 Å². The molecule has 0 aliphatic heterocycles. The van der Waals surface area contributed by atoms with Gasteiger partial charge in [-0.2, -0.15) is 0 Å². The highest BCUT2D eigenvalue weighted by Crippen LogP contribution is 2.30. The first-order valence-corrected chi connectivity index (χ1v) is 6.36. The zero-order valence-corrected chi connectivity index (χ0v) is 11.5. The lowest BCUT2D eigenvalue weighted by Crippen LogP contribution is -2.02. The van der Waals surface area contributed by atoms with Crippen LogP contribution in [-0.2, 0) is 6.42 Å². The summed E-state index contributed by atoms with van der Waals surface area (Å²) in [5, 5.41) is 8.02. The number of rotatable bonds is 5. The number of methoxy groups -OCH3 is 1. The molecular weight excluding hydrogens is 242 g/mol. The molecule has 1 heterocycles. The van der Waals surface area contributed by atoms with Gasteiger partial charge in [-0.25, -0.2) is 0 Å². The van der Waals surface area contributed by atoms with E-state index in [-0.39, 0.29) is 0 Å². The molecule has 0 saturated carbocycles. The Hall–Kier alpha value is -1.88. The molecule has 102 valence electrons. The highest BCUT2D eigenvalue weighted by Gasteiger charge is 2.13. The lowest BCUT2D eigenvalue weighted by Gasteiger charge is -2.12. The molecule has 0 fully saturated rings. The first-order chi connectivity index (χ1) is 9.15. The van der Waals surface area contributed by atoms with Crippen molar-refractivity contribution in [3.8, 4) is 17.2 Å². The van der Waals surface area contributed by atoms with E-state index in [0.717, 1.165) is 16.9 Å². The van der Waals surface area contributed by atoms with Crippen LogP contribution >= 0.6 is 0 Å². The van der Waals surface area contributed by atoms with Crippen LogP contribution in [0, 0.1) is 0 Å². The van der Waals surface area contributed by atoms with E-state index in [2.05, 4.69) is 24.0 Å². The van der Waals surface area contributed by atoms with Crippen molar-refractivity contribution in [2.45, 2.75) is 26.2 Å². The minimum atomic E-state index is 0.362. The molecule has 19 heavy (non-hydrogen) atoms. The molecule has 0 aliphatic carbocycles. The molecule has 0 unspecified atom stereocenters. The minimum absolute atomic E-state index is 0.362. The number of nitrogens with zero attached hydrogens (tertiary/aromatic N) is 2. The van der Waals surface area contributed by atoms with Gasteiger partial charge in [-0.05, 0) is 29.7 Å². The summed E-state index contributed by atoms with van der Waals surface area (Å²) in [5.41, 5.74) is 7.49. The summed E-state index contributed by atoms with van der Waals surface area (Å²) >= 11 is 0. The quantitative estimate of drug-likeness (QED) is 0.894. The third-order valence-electron chi connectivity index (χ3n) is 2.92. The Kier molecular flexibility index (Phi) is 4.16. The first kappa shape index (κ1) is 13.5. The maximum Gasteiger partial charge on any atom is 0.247 e. The predicted octanol–water partition coefficient (Wildman–Crippen LogP) is 2.37. The molecule has 0 spiro atoms. The fraction of sp³-hybridized carbons (Fsp3) is 0.429. The van der Waals surface area contributed by atoms with Crippen molar-refractivity contribution in [2.24, 2.45) is 5.73 Å². The molecule has 0 amide bonds. The van der Waals surface area contributed by atoms with Gasteiger partial charge < -0.3 is 14.9 Å². The molecule has 0 radical (unpaired) electrons. The van der Waals surface area contributed by atoms with Crippen LogP contribution in [0.25, 0.3) is 11.5 Å². The van der Waals surface area contributed by atoms with Gasteiger partial charge >= 0.3 is 0 Å². The van der Waals surface area contributed by atoms with Crippen LogP contribution in [-0.4, -0.2) is 23.9 Å². The Morgan fingerprint density at radius 1 is 1.32 bits per heavy atom. The number of ether oxygens (including phenoxy) is 1. The third-order valence-corrected chi connectivity index (χ3v) is 2.92. The molecule has 5 heteroatoms. The molecule has 2 N–H and O–H groups in total. The van der Waals surface area contributed by atoms with E-state index >= 15 is 0 Å². The zero-order valence-electron chi connectivity index (χ0n) is 11.5. The van der Waals surface area contributed by atoms with Crippen molar-refractivity contribution < 1.29 is 9.15 Å². The van der Waals surface area contributed by atoms with Crippen molar-refractivity contribution >= 4 is 0 Å². The Morgan fingerprint density at radius 2 is 2.11 bits per heavy atom. The molecule has 5 nitrogen and oxygen atoms in total. The Labute approximate surface area is 112 Å². The molecular formula is C14H19N3O2. The van der Waals surface area contributed by atoms with Crippen LogP contribution in [0.3, 0.4) is 0 Å². The number of aromatic nitrogens is 2. The second-order valence-corrected chi connectivity index (χ2v) is 4.65. The summed E-state index contributed by atoms with van der Waals surface area (Å²) in [6, 6.07) is 5.88. The van der Waals surface area contributed by atoms with Crippen molar-refractivity contribution in [1.29, 1.82) is 0 Å². The predicted molar refractivity (Wildman–Crippen MR) is 73.1 cm³/mol. The maximum absolute atomic E-state index is 5.58. The summed E-state index contributed by atoms with van der Waals surface area (Å²) in [4.78, 5) is 0. The first-order valence-electron chi connectivity index (χ1n) is 6.36. The van der Waals surface area contributed by atoms with Gasteiger partial charge in [0.15, 0.2) is 0 Å². The van der Waals surface area contributed by atoms with Crippen molar-refractivity contribution in [3.05, 3.63) is 29.7 Å². The lowest BCUT2D eigenvalue weighted by atomic mass is 9.99. The third kappa shape index (κ3) is 2.93. The second kappa shape index (κ2) is 5.84. The molecule has 2 rings (SSSR count). The van der Waals surface area contributed by atoms with Crippen LogP contribution < -0.4 is 10.5 Å². The fourth-order valence-corrected chi connectivity index (χ4v) is 1.91. The second-order valence-electron chi connectivity index (χ2n) is 4.65. The normalized spacial score (nSPS) is 11.0. The smallest absolute Gasteiger partial charge is 0.247 e. The van der Waals surface area contributed by atoms with Crippen LogP contribution in [0.5, 0.6) is 5.75 Å². The van der Waals surface area contributed by atoms with Gasteiger partial charge in [0, 0.05) is 18.5 Å². The molecule has 0 atom stereocenters. The Bertz CT molecular complexity index is 549. The van der Waals surface area contributed by atoms with E-state index in [1.165, 1.54) is 0 Å². The molecule has 1 aromatic heterocycles. The van der Waals surface area contributed by atoms with Gasteiger partial charge in [0.1, 0.15) is 5.75 Å². The Morgan fingerprint density at radius 3 is 2.74 bits per heavy atom. The monoisotopic (exact) mass is 261 g/mol. The van der Waals surface area contributed by atoms with Crippen LogP contribution in [0.2, 0.25) is 0 Å². The molecule has 2 aromatic rings. The SMILES string of the molecule is COc1ccc(-c2nnc(CCN)o2)cc1C(C)C. The lowest BCUT2D eigenvalue weighted by molar-refractivity contribution is 0.407. The average Bonchev–Trinajstić information content (AvgIpc) is 2.87. The molecule has 0 bridgehead atoms. The van der Waals surface area contributed by atoms with Crippen molar-refractivity contribution in [2.75, 3.05) is 13.7 Å². The van der Waals surface area contributed by atoms with E-state index in [9.17, 15) is 0 Å². The minimum Gasteiger partial charge on any atom is -0.496 e. The Balaban J connectivity index is 2.36. The maximum atomic E-state index is 5.58. The van der Waals surface area contributed by atoms with E-state index in [1.54, 1.807) is 7.11 Å². The average molecular weight is 261 g/mol. The van der Waals surface area contributed by atoms with E-state index in [4.69, 9.17) is 14.9 Å². The van der Waals surface area contributed by atoms with Crippen molar-refractivity contribution in [1.82, 2.24) is 10.2 Å². The number of hydrogen-bond acceptors (Lipinski definition) is 5. The van der Waals surface area contributed by atoms with Crippen molar-refractivity contribution in [3.63, 3.8) is 0 Å². The molecule has 0 saturated heterocycles. The summed E-state index contributed by atoms with van der Waals surface area (Å²) < 4.78 is 10.9. The van der Waals surface area contributed by atoms with Crippen LogP contribution in [0.4, 0.5) is 0 Å². The number of nitrogens with two attached hydrogens (primary N) is 1. The van der Waals surface area contributed by atoms with E-state index < -0.39 is 0 Å². The van der Waals surface area contributed by atoms with Gasteiger partial charge in [0.05, 0.1) is 7.11 Å². The van der Waals surface area contributed by atoms with Crippen LogP contribution in [0.15, 0.2) is 22.6 Å². The largest absolute Gasteiger partial charge is 0.496 e. The molecule has 0 aliphatic rings. The summed E-state index contributed by atoms with van der Waals surface area (Å²) in [7, 11) is 1.67. The van der Waals surface area contributed by atoms with Crippen LogP contribution in [0.1, 0.15) is 31.2 Å². The van der Waals surface area contributed by atoms with Gasteiger partial charge in [-0.15, -0.1) is 10.2 Å². The van der Waals surface area contributed by atoms with E-state index in [0.29, 0.717) is 30.7 Å². The highest BCUT2D eigenvalue weighted by molar-refractivity contribution is 5.57. The molecule has 1 aromatic carbocycles. The number of benzene rings is 1. The zero-order chi connectivity index (χ0) is 13.8. The van der Waals surface area contributed by atoms with Gasteiger partial charge in [-0.3, -0.25) is 0 Å². The van der Waals surface area contributed by atoms with Gasteiger partial charge in [0.2, 0.25) is 11.8 Å². The van der Waals surface area contributed by atoms with Gasteiger partial charge in [-0.1, -0.05) is 13.8 Å². The standard InChI is InChI=1S/C14H19N3O2/c1-9(2)11-8-10(4-5-12(11)18-3)14-17-16-13(19-14)6-7-15/h4-5,8-9H,6-7,15H2,1-3H3. The van der Waals surface area contributed by atoms with E-state index in [1.807, 2.05) is 18.2 Å². The topological polar surface area (TPSA) is 74.2 Å². The fourth-order valence-electron chi connectivity index (χ4n) is 1.91. The summed E-state index contributed by atoms with van der Waals surface area (Å²) in [5.74, 6) is 2.33.